The predicted molar refractivity (Wildman–Crippen MR) is 97.2 cm³/mol. The van der Waals surface area contributed by atoms with Gasteiger partial charge in [0.25, 0.3) is 0 Å². The molecule has 0 spiro atoms. The van der Waals surface area contributed by atoms with Crippen molar-refractivity contribution in [2.45, 2.75) is 38.6 Å². The lowest BCUT2D eigenvalue weighted by atomic mass is 9.96. The van der Waals surface area contributed by atoms with E-state index in [2.05, 4.69) is 66.4 Å². The van der Waals surface area contributed by atoms with Crippen LogP contribution in [0.4, 0.5) is 11.5 Å². The molecule has 0 N–H and O–H groups in total. The third-order valence-corrected chi connectivity index (χ3v) is 4.77. The quantitative estimate of drug-likeness (QED) is 0.792. The molecule has 1 aromatic heterocycles. The molecule has 3 rings (SSSR count). The Kier molecular flexibility index (Phi) is 5.29. The largest absolute Gasteiger partial charge is 0.329 e. The Balaban J connectivity index is 1.76. The van der Waals surface area contributed by atoms with Gasteiger partial charge in [-0.2, -0.15) is 0 Å². The number of benzene rings is 1. The summed E-state index contributed by atoms with van der Waals surface area (Å²) in [5.74, 6) is 0.998. The fourth-order valence-corrected chi connectivity index (χ4v) is 3.50. The van der Waals surface area contributed by atoms with Crippen molar-refractivity contribution >= 4 is 11.5 Å². The van der Waals surface area contributed by atoms with Gasteiger partial charge in [0.1, 0.15) is 5.82 Å². The van der Waals surface area contributed by atoms with Gasteiger partial charge >= 0.3 is 0 Å². The number of para-hydroxylation sites is 1. The van der Waals surface area contributed by atoms with Gasteiger partial charge in [-0.05, 0) is 56.1 Å². The van der Waals surface area contributed by atoms with Gasteiger partial charge in [0.2, 0.25) is 0 Å². The smallest absolute Gasteiger partial charge is 0.132 e. The van der Waals surface area contributed by atoms with E-state index in [1.54, 1.807) is 0 Å². The summed E-state index contributed by atoms with van der Waals surface area (Å²) in [4.78, 5) is 9.48. The summed E-state index contributed by atoms with van der Waals surface area (Å²) < 4.78 is 0. The second-order valence-electron chi connectivity index (χ2n) is 6.39. The van der Waals surface area contributed by atoms with Crippen LogP contribution in [0.3, 0.4) is 0 Å². The van der Waals surface area contributed by atoms with Crippen LogP contribution >= 0.6 is 0 Å². The van der Waals surface area contributed by atoms with Gasteiger partial charge in [-0.25, -0.2) is 4.98 Å². The van der Waals surface area contributed by atoms with E-state index in [0.29, 0.717) is 6.04 Å². The highest BCUT2D eigenvalue weighted by Crippen LogP contribution is 2.31. The van der Waals surface area contributed by atoms with Gasteiger partial charge < -0.3 is 4.90 Å². The zero-order chi connectivity index (χ0) is 16.1. The molecule has 23 heavy (non-hydrogen) atoms. The Bertz CT molecular complexity index is 592. The maximum absolute atomic E-state index is 4.72. The monoisotopic (exact) mass is 309 g/mol. The first-order valence-electron chi connectivity index (χ1n) is 8.78. The number of piperidine rings is 1. The molecule has 1 fully saturated rings. The summed E-state index contributed by atoms with van der Waals surface area (Å²) in [6, 6.07) is 15.3. The van der Waals surface area contributed by atoms with E-state index in [9.17, 15) is 0 Å². The molecule has 3 heteroatoms. The predicted octanol–water partition coefficient (Wildman–Crippen LogP) is 4.79. The van der Waals surface area contributed by atoms with Crippen LogP contribution in [0.15, 0.2) is 48.7 Å². The molecule has 0 radical (unpaired) electrons. The molecule has 0 amide bonds. The Labute approximate surface area is 140 Å². The van der Waals surface area contributed by atoms with Gasteiger partial charge in [0, 0.05) is 25.0 Å². The number of aromatic nitrogens is 1. The van der Waals surface area contributed by atoms with Crippen molar-refractivity contribution in [2.24, 2.45) is 0 Å². The van der Waals surface area contributed by atoms with Gasteiger partial charge in [-0.3, -0.25) is 4.90 Å². The maximum Gasteiger partial charge on any atom is 0.132 e. The first-order chi connectivity index (χ1) is 11.3. The van der Waals surface area contributed by atoms with Crippen molar-refractivity contribution in [3.05, 3.63) is 54.2 Å². The molecule has 1 saturated heterocycles. The summed E-state index contributed by atoms with van der Waals surface area (Å²) >= 11 is 0. The number of hydrogen-bond acceptors (Lipinski definition) is 3. The van der Waals surface area contributed by atoms with Crippen LogP contribution in [0.2, 0.25) is 0 Å². The van der Waals surface area contributed by atoms with E-state index < -0.39 is 0 Å². The minimum Gasteiger partial charge on any atom is -0.329 e. The highest BCUT2D eigenvalue weighted by Gasteiger charge is 2.23. The highest BCUT2D eigenvalue weighted by atomic mass is 15.2. The summed E-state index contributed by atoms with van der Waals surface area (Å²) in [6.07, 6.45) is 7.22. The number of rotatable bonds is 5. The molecular formula is C20H27N3. The Morgan fingerprint density at radius 1 is 1.13 bits per heavy atom. The molecule has 0 bridgehead atoms. The topological polar surface area (TPSA) is 19.4 Å². The lowest BCUT2D eigenvalue weighted by molar-refractivity contribution is 0.149. The summed E-state index contributed by atoms with van der Waals surface area (Å²) in [7, 11) is 2.07. The summed E-state index contributed by atoms with van der Waals surface area (Å²) in [6.45, 7) is 4.68. The van der Waals surface area contributed by atoms with Crippen LogP contribution < -0.4 is 4.90 Å². The van der Waals surface area contributed by atoms with Crippen LogP contribution in [0.5, 0.6) is 0 Å². The van der Waals surface area contributed by atoms with Gasteiger partial charge in [0.15, 0.2) is 0 Å². The molecule has 1 aliphatic heterocycles. The number of nitrogens with zero attached hydrogens (tertiary/aromatic N) is 3. The number of likely N-dealkylation sites (tertiary alicyclic amines) is 1. The zero-order valence-corrected chi connectivity index (χ0v) is 14.3. The van der Waals surface area contributed by atoms with Gasteiger partial charge in [-0.1, -0.05) is 37.6 Å². The second-order valence-corrected chi connectivity index (χ2v) is 6.39. The molecule has 1 aliphatic rings. The maximum atomic E-state index is 4.72. The fourth-order valence-electron chi connectivity index (χ4n) is 3.50. The second kappa shape index (κ2) is 7.60. The molecule has 1 aromatic carbocycles. The molecule has 0 saturated carbocycles. The first kappa shape index (κ1) is 16.0. The highest BCUT2D eigenvalue weighted by molar-refractivity contribution is 5.58. The van der Waals surface area contributed by atoms with Crippen molar-refractivity contribution in [1.82, 2.24) is 9.88 Å². The van der Waals surface area contributed by atoms with Crippen molar-refractivity contribution in [3.8, 4) is 0 Å². The van der Waals surface area contributed by atoms with Crippen molar-refractivity contribution < 1.29 is 0 Å². The lowest BCUT2D eigenvalue weighted by Gasteiger charge is -2.35. The van der Waals surface area contributed by atoms with Crippen LogP contribution in [-0.4, -0.2) is 30.0 Å². The van der Waals surface area contributed by atoms with E-state index in [1.807, 2.05) is 6.07 Å². The molecule has 0 aliphatic carbocycles. The fraction of sp³-hybridized carbons (Fsp3) is 0.450. The Hall–Kier alpha value is -1.87. The molecule has 3 nitrogen and oxygen atoms in total. The molecule has 122 valence electrons. The standard InChI is InChI=1S/C20H27N3/c1-3-14-23-15-8-7-11-19(23)17-12-13-20(21-16-17)22(2)18-9-5-4-6-10-18/h4-6,9-10,12-13,16,19H,3,7-8,11,14-15H2,1-2H3. The molecule has 2 aromatic rings. The molecular weight excluding hydrogens is 282 g/mol. The lowest BCUT2D eigenvalue weighted by Crippen LogP contribution is -2.34. The van der Waals surface area contributed by atoms with Crippen molar-refractivity contribution in [2.75, 3.05) is 25.0 Å². The average molecular weight is 309 g/mol. The van der Waals surface area contributed by atoms with Crippen LogP contribution in [0.25, 0.3) is 0 Å². The molecule has 2 heterocycles. The summed E-state index contributed by atoms with van der Waals surface area (Å²) in [5, 5.41) is 0. The normalized spacial score (nSPS) is 18.8. The van der Waals surface area contributed by atoms with Gasteiger partial charge in [-0.15, -0.1) is 0 Å². The number of hydrogen-bond donors (Lipinski definition) is 0. The van der Waals surface area contributed by atoms with E-state index in [-0.39, 0.29) is 0 Å². The van der Waals surface area contributed by atoms with Crippen molar-refractivity contribution in [3.63, 3.8) is 0 Å². The first-order valence-corrected chi connectivity index (χ1v) is 8.78. The third kappa shape index (κ3) is 3.73. The SMILES string of the molecule is CCCN1CCCCC1c1ccc(N(C)c2ccccc2)nc1. The Morgan fingerprint density at radius 2 is 1.96 bits per heavy atom. The molecule has 1 atom stereocenters. The van der Waals surface area contributed by atoms with Crippen LogP contribution in [0.1, 0.15) is 44.2 Å². The van der Waals surface area contributed by atoms with Crippen molar-refractivity contribution in [1.29, 1.82) is 0 Å². The number of anilines is 2. The summed E-state index contributed by atoms with van der Waals surface area (Å²) in [5.41, 5.74) is 2.53. The van der Waals surface area contributed by atoms with Gasteiger partial charge in [0.05, 0.1) is 0 Å². The third-order valence-electron chi connectivity index (χ3n) is 4.77. The van der Waals surface area contributed by atoms with E-state index >= 15 is 0 Å². The Morgan fingerprint density at radius 3 is 2.65 bits per heavy atom. The minimum atomic E-state index is 0.548. The molecule has 1 unspecified atom stereocenters. The van der Waals surface area contributed by atoms with E-state index in [0.717, 1.165) is 11.5 Å². The van der Waals surface area contributed by atoms with E-state index in [1.165, 1.54) is 44.3 Å². The average Bonchev–Trinajstić information content (AvgIpc) is 2.63. The minimum absolute atomic E-state index is 0.548. The van der Waals surface area contributed by atoms with Crippen LogP contribution in [-0.2, 0) is 0 Å². The van der Waals surface area contributed by atoms with Crippen LogP contribution in [0, 0.1) is 0 Å². The zero-order valence-electron chi connectivity index (χ0n) is 14.3. The number of pyridine rings is 1. The van der Waals surface area contributed by atoms with E-state index in [4.69, 9.17) is 4.98 Å².